The molecule has 0 aromatic carbocycles. The Hall–Kier alpha value is -1.24. The number of aryl methyl sites for hydroxylation is 2. The van der Waals surface area contributed by atoms with Crippen LogP contribution >= 0.6 is 22.7 Å². The van der Waals surface area contributed by atoms with Gasteiger partial charge in [0.2, 0.25) is 0 Å². The molecule has 0 atom stereocenters. The van der Waals surface area contributed by atoms with E-state index in [9.17, 15) is 4.79 Å². The van der Waals surface area contributed by atoms with Crippen LogP contribution in [0, 0.1) is 19.8 Å². The van der Waals surface area contributed by atoms with Crippen LogP contribution in [-0.4, -0.2) is 24.0 Å². The van der Waals surface area contributed by atoms with Crippen LogP contribution in [-0.2, 0) is 13.0 Å². The molecule has 0 bridgehead atoms. The summed E-state index contributed by atoms with van der Waals surface area (Å²) in [5.74, 6) is 0.703. The molecule has 1 amide bonds. The molecule has 1 aliphatic heterocycles. The lowest BCUT2D eigenvalue weighted by Crippen LogP contribution is -2.28. The van der Waals surface area contributed by atoms with Crippen LogP contribution in [0.1, 0.15) is 43.7 Å². The lowest BCUT2D eigenvalue weighted by Gasteiger charge is -2.21. The van der Waals surface area contributed by atoms with E-state index >= 15 is 0 Å². The number of piperidine rings is 1. The van der Waals surface area contributed by atoms with E-state index in [2.05, 4.69) is 34.0 Å². The summed E-state index contributed by atoms with van der Waals surface area (Å²) >= 11 is 3.25. The first-order chi connectivity index (χ1) is 11.1. The van der Waals surface area contributed by atoms with Gasteiger partial charge in [-0.25, -0.2) is 4.98 Å². The van der Waals surface area contributed by atoms with Crippen LogP contribution in [0.2, 0.25) is 0 Å². The molecule has 0 unspecified atom stereocenters. The molecular weight excluding hydrogens is 326 g/mol. The Morgan fingerprint density at radius 2 is 2.17 bits per heavy atom. The molecular formula is C17H23N3OS2. The van der Waals surface area contributed by atoms with Crippen molar-refractivity contribution in [1.82, 2.24) is 15.6 Å². The van der Waals surface area contributed by atoms with Crippen molar-refractivity contribution in [3.8, 4) is 0 Å². The Bertz CT molecular complexity index is 671. The molecule has 1 fully saturated rings. The minimum absolute atomic E-state index is 0.00242. The van der Waals surface area contributed by atoms with Crippen molar-refractivity contribution in [2.45, 2.75) is 39.7 Å². The van der Waals surface area contributed by atoms with Gasteiger partial charge in [-0.15, -0.1) is 22.7 Å². The zero-order chi connectivity index (χ0) is 16.2. The van der Waals surface area contributed by atoms with E-state index in [1.54, 1.807) is 22.7 Å². The van der Waals surface area contributed by atoms with Gasteiger partial charge in [0.1, 0.15) is 4.88 Å². The maximum absolute atomic E-state index is 12.4. The summed E-state index contributed by atoms with van der Waals surface area (Å²) in [5, 5.41) is 9.62. The van der Waals surface area contributed by atoms with Gasteiger partial charge in [0.15, 0.2) is 0 Å². The minimum Gasteiger partial charge on any atom is -0.346 e. The number of nitrogens with zero attached hydrogens (tertiary/aromatic N) is 1. The second-order valence-corrected chi connectivity index (χ2v) is 8.27. The van der Waals surface area contributed by atoms with E-state index in [-0.39, 0.29) is 5.91 Å². The summed E-state index contributed by atoms with van der Waals surface area (Å²) in [4.78, 5) is 19.0. The number of thiazole rings is 1. The first-order valence-corrected chi connectivity index (χ1v) is 9.80. The zero-order valence-electron chi connectivity index (χ0n) is 13.6. The van der Waals surface area contributed by atoms with E-state index in [0.29, 0.717) is 12.5 Å². The van der Waals surface area contributed by atoms with Gasteiger partial charge in [0, 0.05) is 11.3 Å². The third kappa shape index (κ3) is 4.40. The highest BCUT2D eigenvalue weighted by atomic mass is 32.1. The van der Waals surface area contributed by atoms with Gasteiger partial charge in [-0.05, 0) is 62.7 Å². The molecule has 3 rings (SSSR count). The standard InChI is InChI=1S/C17H23N3OS2/c1-11-7-14(22-10-11)9-19-17(21)16-12(2)20-15(23-16)8-13-3-5-18-6-4-13/h7,10,13,18H,3-6,8-9H2,1-2H3,(H,19,21). The predicted octanol–water partition coefficient (Wildman–Crippen LogP) is 3.29. The van der Waals surface area contributed by atoms with Gasteiger partial charge in [-0.3, -0.25) is 4.79 Å². The van der Waals surface area contributed by atoms with Crippen LogP contribution in [0.15, 0.2) is 11.4 Å². The van der Waals surface area contributed by atoms with E-state index in [1.165, 1.54) is 23.3 Å². The SMILES string of the molecule is Cc1csc(CNC(=O)c2sc(CC3CCNCC3)nc2C)c1. The van der Waals surface area contributed by atoms with E-state index < -0.39 is 0 Å². The summed E-state index contributed by atoms with van der Waals surface area (Å²) in [7, 11) is 0. The molecule has 4 nitrogen and oxygen atoms in total. The van der Waals surface area contributed by atoms with Crippen LogP contribution in [0.4, 0.5) is 0 Å². The average molecular weight is 350 g/mol. The lowest BCUT2D eigenvalue weighted by atomic mass is 9.95. The van der Waals surface area contributed by atoms with Gasteiger partial charge in [-0.2, -0.15) is 0 Å². The maximum Gasteiger partial charge on any atom is 0.263 e. The van der Waals surface area contributed by atoms with E-state index in [0.717, 1.165) is 35.1 Å². The highest BCUT2D eigenvalue weighted by Crippen LogP contribution is 2.24. The van der Waals surface area contributed by atoms with Gasteiger partial charge in [0.05, 0.1) is 17.2 Å². The fourth-order valence-electron chi connectivity index (χ4n) is 2.91. The first-order valence-electron chi connectivity index (χ1n) is 8.11. The molecule has 1 saturated heterocycles. The molecule has 124 valence electrons. The summed E-state index contributed by atoms with van der Waals surface area (Å²) < 4.78 is 0. The second kappa shape index (κ2) is 7.55. The predicted molar refractivity (Wildman–Crippen MR) is 96.4 cm³/mol. The fourth-order valence-corrected chi connectivity index (χ4v) is 4.82. The Balaban J connectivity index is 1.59. The quantitative estimate of drug-likeness (QED) is 0.871. The minimum atomic E-state index is 0.00242. The number of amides is 1. The number of hydrogen-bond donors (Lipinski definition) is 2. The molecule has 2 N–H and O–H groups in total. The van der Waals surface area contributed by atoms with Crippen molar-refractivity contribution in [2.24, 2.45) is 5.92 Å². The number of thiophene rings is 1. The molecule has 23 heavy (non-hydrogen) atoms. The topological polar surface area (TPSA) is 54.0 Å². The first kappa shape index (κ1) is 16.6. The van der Waals surface area contributed by atoms with Crippen molar-refractivity contribution in [3.05, 3.63) is 37.5 Å². The Morgan fingerprint density at radius 3 is 2.87 bits per heavy atom. The van der Waals surface area contributed by atoms with Crippen molar-refractivity contribution >= 4 is 28.6 Å². The number of hydrogen-bond acceptors (Lipinski definition) is 5. The van der Waals surface area contributed by atoms with Gasteiger partial charge in [0.25, 0.3) is 5.91 Å². The van der Waals surface area contributed by atoms with Crippen LogP contribution in [0.5, 0.6) is 0 Å². The Kier molecular flexibility index (Phi) is 5.46. The number of rotatable bonds is 5. The Labute approximate surface area is 145 Å². The fraction of sp³-hybridized carbons (Fsp3) is 0.529. The molecule has 3 heterocycles. The zero-order valence-corrected chi connectivity index (χ0v) is 15.3. The van der Waals surface area contributed by atoms with E-state index in [1.807, 2.05) is 6.92 Å². The molecule has 2 aromatic rings. The number of nitrogens with one attached hydrogen (secondary N) is 2. The molecule has 2 aromatic heterocycles. The van der Waals surface area contributed by atoms with Crippen molar-refractivity contribution in [1.29, 1.82) is 0 Å². The third-order valence-electron chi connectivity index (χ3n) is 4.18. The summed E-state index contributed by atoms with van der Waals surface area (Å²) in [5.41, 5.74) is 2.11. The van der Waals surface area contributed by atoms with Crippen molar-refractivity contribution < 1.29 is 4.79 Å². The van der Waals surface area contributed by atoms with Crippen LogP contribution in [0.3, 0.4) is 0 Å². The molecule has 0 saturated carbocycles. The monoisotopic (exact) mass is 349 g/mol. The van der Waals surface area contributed by atoms with Gasteiger partial charge < -0.3 is 10.6 Å². The molecule has 0 aliphatic carbocycles. The highest BCUT2D eigenvalue weighted by molar-refractivity contribution is 7.13. The van der Waals surface area contributed by atoms with Crippen LogP contribution in [0.25, 0.3) is 0 Å². The second-order valence-electron chi connectivity index (χ2n) is 6.19. The number of carbonyl (C=O) groups is 1. The molecule has 6 heteroatoms. The normalized spacial score (nSPS) is 15.7. The Morgan fingerprint density at radius 1 is 1.39 bits per heavy atom. The maximum atomic E-state index is 12.4. The highest BCUT2D eigenvalue weighted by Gasteiger charge is 2.19. The molecule has 0 radical (unpaired) electrons. The van der Waals surface area contributed by atoms with E-state index in [4.69, 9.17) is 0 Å². The largest absolute Gasteiger partial charge is 0.346 e. The smallest absolute Gasteiger partial charge is 0.263 e. The number of carbonyl (C=O) groups excluding carboxylic acids is 1. The lowest BCUT2D eigenvalue weighted by molar-refractivity contribution is 0.0954. The van der Waals surface area contributed by atoms with Crippen molar-refractivity contribution in [2.75, 3.05) is 13.1 Å². The third-order valence-corrected chi connectivity index (χ3v) is 6.41. The van der Waals surface area contributed by atoms with Gasteiger partial charge >= 0.3 is 0 Å². The van der Waals surface area contributed by atoms with Gasteiger partial charge in [-0.1, -0.05) is 0 Å². The average Bonchev–Trinajstić information content (AvgIpc) is 3.12. The number of aromatic nitrogens is 1. The van der Waals surface area contributed by atoms with Crippen LogP contribution < -0.4 is 10.6 Å². The summed E-state index contributed by atoms with van der Waals surface area (Å²) in [6.07, 6.45) is 3.42. The molecule has 1 aliphatic rings. The summed E-state index contributed by atoms with van der Waals surface area (Å²) in [6, 6.07) is 2.12. The van der Waals surface area contributed by atoms with Crippen molar-refractivity contribution in [3.63, 3.8) is 0 Å². The summed E-state index contributed by atoms with van der Waals surface area (Å²) in [6.45, 7) is 6.80. The molecule has 0 spiro atoms.